The van der Waals surface area contributed by atoms with Crippen molar-refractivity contribution in [2.24, 2.45) is 0 Å². The second-order valence-electron chi connectivity index (χ2n) is 3.62. The van der Waals surface area contributed by atoms with Gasteiger partial charge in [-0.3, -0.25) is 0 Å². The molecule has 18 heavy (non-hydrogen) atoms. The summed E-state index contributed by atoms with van der Waals surface area (Å²) < 4.78 is 5.49. The van der Waals surface area contributed by atoms with Crippen molar-refractivity contribution < 1.29 is 14.6 Å². The molecule has 5 heteroatoms. The van der Waals surface area contributed by atoms with Gasteiger partial charge in [-0.25, -0.2) is 4.79 Å². The number of benzene rings is 1. The number of nitrogens with one attached hydrogen (secondary N) is 1. The standard InChI is InChI=1S/C13H13NO3S/c15-13(16)10-1-3-12(4-2-10)17-7-6-14-11-5-8-18-9-11/h1-5,8-9,14H,6-7H2,(H,15,16). The minimum Gasteiger partial charge on any atom is -0.492 e. The Kier molecular flexibility index (Phi) is 4.20. The van der Waals surface area contributed by atoms with Gasteiger partial charge in [0.2, 0.25) is 0 Å². The van der Waals surface area contributed by atoms with E-state index in [-0.39, 0.29) is 5.56 Å². The molecule has 2 N–H and O–H groups in total. The SMILES string of the molecule is O=C(O)c1ccc(OCCNc2ccsc2)cc1. The van der Waals surface area contributed by atoms with E-state index in [2.05, 4.69) is 5.32 Å². The molecule has 2 rings (SSSR count). The number of carboxylic acid groups (broad SMARTS) is 1. The van der Waals surface area contributed by atoms with Crippen LogP contribution in [-0.4, -0.2) is 24.2 Å². The molecule has 0 fully saturated rings. The van der Waals surface area contributed by atoms with Gasteiger partial charge in [0.05, 0.1) is 5.56 Å². The van der Waals surface area contributed by atoms with Crippen LogP contribution in [0.5, 0.6) is 5.75 Å². The van der Waals surface area contributed by atoms with Crippen molar-refractivity contribution in [1.29, 1.82) is 0 Å². The van der Waals surface area contributed by atoms with Gasteiger partial charge in [-0.15, -0.1) is 0 Å². The molecule has 94 valence electrons. The number of hydrogen-bond donors (Lipinski definition) is 2. The summed E-state index contributed by atoms with van der Waals surface area (Å²) in [6.07, 6.45) is 0. The molecular weight excluding hydrogens is 250 g/mol. The Morgan fingerprint density at radius 2 is 2.06 bits per heavy atom. The highest BCUT2D eigenvalue weighted by molar-refractivity contribution is 7.08. The summed E-state index contributed by atoms with van der Waals surface area (Å²) in [6, 6.07) is 8.39. The van der Waals surface area contributed by atoms with E-state index in [0.29, 0.717) is 18.9 Å². The Balaban J connectivity index is 1.75. The van der Waals surface area contributed by atoms with Crippen LogP contribution in [0.15, 0.2) is 41.1 Å². The monoisotopic (exact) mass is 263 g/mol. The molecule has 0 radical (unpaired) electrons. The van der Waals surface area contributed by atoms with E-state index in [1.165, 1.54) is 12.1 Å². The van der Waals surface area contributed by atoms with Crippen molar-refractivity contribution in [3.63, 3.8) is 0 Å². The average Bonchev–Trinajstić information content (AvgIpc) is 2.88. The fourth-order valence-electron chi connectivity index (χ4n) is 1.42. The zero-order valence-corrected chi connectivity index (χ0v) is 10.4. The van der Waals surface area contributed by atoms with E-state index in [0.717, 1.165) is 5.69 Å². The van der Waals surface area contributed by atoms with Gasteiger partial charge < -0.3 is 15.2 Å². The lowest BCUT2D eigenvalue weighted by Gasteiger charge is -2.07. The van der Waals surface area contributed by atoms with Gasteiger partial charge in [-0.05, 0) is 35.7 Å². The molecule has 0 aliphatic rings. The lowest BCUT2D eigenvalue weighted by Crippen LogP contribution is -2.11. The molecule has 1 heterocycles. The molecule has 0 saturated heterocycles. The van der Waals surface area contributed by atoms with Crippen LogP contribution < -0.4 is 10.1 Å². The topological polar surface area (TPSA) is 58.6 Å². The predicted molar refractivity (Wildman–Crippen MR) is 71.7 cm³/mol. The first kappa shape index (κ1) is 12.4. The zero-order chi connectivity index (χ0) is 12.8. The molecule has 4 nitrogen and oxygen atoms in total. The number of aromatic carboxylic acids is 1. The Hall–Kier alpha value is -2.01. The minimum atomic E-state index is -0.930. The third-order valence-corrected chi connectivity index (χ3v) is 3.01. The first-order chi connectivity index (χ1) is 8.75. The van der Waals surface area contributed by atoms with Crippen LogP contribution >= 0.6 is 11.3 Å². The van der Waals surface area contributed by atoms with Crippen LogP contribution in [0, 0.1) is 0 Å². The van der Waals surface area contributed by atoms with Gasteiger partial charge >= 0.3 is 5.97 Å². The minimum absolute atomic E-state index is 0.263. The first-order valence-electron chi connectivity index (χ1n) is 5.48. The van der Waals surface area contributed by atoms with Crippen LogP contribution in [0.3, 0.4) is 0 Å². The van der Waals surface area contributed by atoms with Crippen molar-refractivity contribution in [1.82, 2.24) is 0 Å². The van der Waals surface area contributed by atoms with Crippen molar-refractivity contribution in [2.75, 3.05) is 18.5 Å². The number of rotatable bonds is 6. The number of anilines is 1. The van der Waals surface area contributed by atoms with Gasteiger partial charge in [-0.1, -0.05) is 0 Å². The molecule has 1 aromatic heterocycles. The highest BCUT2D eigenvalue weighted by atomic mass is 32.1. The first-order valence-corrected chi connectivity index (χ1v) is 6.42. The van der Waals surface area contributed by atoms with Crippen LogP contribution in [0.4, 0.5) is 5.69 Å². The van der Waals surface area contributed by atoms with Crippen molar-refractivity contribution in [3.8, 4) is 5.75 Å². The third-order valence-electron chi connectivity index (χ3n) is 2.32. The molecule has 0 bridgehead atoms. The second kappa shape index (κ2) is 6.07. The summed E-state index contributed by atoms with van der Waals surface area (Å²) in [5, 5.41) is 16.0. The van der Waals surface area contributed by atoms with E-state index in [1.807, 2.05) is 16.8 Å². The molecule has 0 amide bonds. The highest BCUT2D eigenvalue weighted by Gasteiger charge is 2.01. The van der Waals surface area contributed by atoms with E-state index in [1.54, 1.807) is 23.5 Å². The molecule has 0 spiro atoms. The Morgan fingerprint density at radius 3 is 2.67 bits per heavy atom. The van der Waals surface area contributed by atoms with E-state index in [4.69, 9.17) is 9.84 Å². The molecule has 2 aromatic rings. The normalized spacial score (nSPS) is 10.0. The molecule has 0 unspecified atom stereocenters. The fourth-order valence-corrected chi connectivity index (χ4v) is 2.04. The molecule has 0 atom stereocenters. The number of ether oxygens (including phenoxy) is 1. The zero-order valence-electron chi connectivity index (χ0n) is 9.63. The number of hydrogen-bond acceptors (Lipinski definition) is 4. The Bertz CT molecular complexity index is 493. The summed E-state index contributed by atoms with van der Waals surface area (Å²) in [5.74, 6) is -0.257. The van der Waals surface area contributed by atoms with Crippen molar-refractivity contribution >= 4 is 23.0 Å². The second-order valence-corrected chi connectivity index (χ2v) is 4.40. The maximum atomic E-state index is 10.7. The quantitative estimate of drug-likeness (QED) is 0.787. The van der Waals surface area contributed by atoms with Gasteiger partial charge in [0.25, 0.3) is 0 Å². The van der Waals surface area contributed by atoms with Crippen LogP contribution in [-0.2, 0) is 0 Å². The van der Waals surface area contributed by atoms with Crippen molar-refractivity contribution in [3.05, 3.63) is 46.7 Å². The summed E-state index contributed by atoms with van der Waals surface area (Å²) in [5.41, 5.74) is 1.35. The lowest BCUT2D eigenvalue weighted by atomic mass is 10.2. The van der Waals surface area contributed by atoms with Gasteiger partial charge in [-0.2, -0.15) is 11.3 Å². The summed E-state index contributed by atoms with van der Waals surface area (Å²) in [4.78, 5) is 10.7. The third kappa shape index (κ3) is 3.49. The smallest absolute Gasteiger partial charge is 0.335 e. The van der Waals surface area contributed by atoms with Gasteiger partial charge in [0, 0.05) is 17.6 Å². The Morgan fingerprint density at radius 1 is 1.28 bits per heavy atom. The summed E-state index contributed by atoms with van der Waals surface area (Å²) >= 11 is 1.64. The van der Waals surface area contributed by atoms with Crippen LogP contribution in [0.25, 0.3) is 0 Å². The fraction of sp³-hybridized carbons (Fsp3) is 0.154. The van der Waals surface area contributed by atoms with E-state index < -0.39 is 5.97 Å². The highest BCUT2D eigenvalue weighted by Crippen LogP contribution is 2.13. The molecular formula is C13H13NO3S. The molecule has 0 aliphatic carbocycles. The van der Waals surface area contributed by atoms with E-state index >= 15 is 0 Å². The molecule has 0 saturated carbocycles. The summed E-state index contributed by atoms with van der Waals surface area (Å²) in [7, 11) is 0. The van der Waals surface area contributed by atoms with Crippen LogP contribution in [0.2, 0.25) is 0 Å². The van der Waals surface area contributed by atoms with Gasteiger partial charge in [0.1, 0.15) is 12.4 Å². The van der Waals surface area contributed by atoms with E-state index in [9.17, 15) is 4.79 Å². The molecule has 0 aliphatic heterocycles. The average molecular weight is 263 g/mol. The maximum absolute atomic E-state index is 10.7. The molecule has 1 aromatic carbocycles. The Labute approximate surface area is 109 Å². The van der Waals surface area contributed by atoms with Gasteiger partial charge in [0.15, 0.2) is 0 Å². The van der Waals surface area contributed by atoms with Crippen LogP contribution in [0.1, 0.15) is 10.4 Å². The predicted octanol–water partition coefficient (Wildman–Crippen LogP) is 2.94. The lowest BCUT2D eigenvalue weighted by molar-refractivity contribution is 0.0697. The number of carboxylic acids is 1. The van der Waals surface area contributed by atoms with Crippen molar-refractivity contribution in [2.45, 2.75) is 0 Å². The number of carbonyl (C=O) groups is 1. The largest absolute Gasteiger partial charge is 0.492 e. The number of thiophene rings is 1. The maximum Gasteiger partial charge on any atom is 0.335 e. The summed E-state index contributed by atoms with van der Waals surface area (Å²) in [6.45, 7) is 1.24.